The summed E-state index contributed by atoms with van der Waals surface area (Å²) in [5, 5.41) is 0. The lowest BCUT2D eigenvalue weighted by Gasteiger charge is -2.33. The first-order valence-electron chi connectivity index (χ1n) is 5.24. The summed E-state index contributed by atoms with van der Waals surface area (Å²) in [5.41, 5.74) is 6.79. The van der Waals surface area contributed by atoms with Crippen molar-refractivity contribution in [3.05, 3.63) is 23.9 Å². The number of aromatic nitrogens is 1. The first kappa shape index (κ1) is 9.96. The number of anilines is 1. The van der Waals surface area contributed by atoms with E-state index >= 15 is 0 Å². The Morgan fingerprint density at radius 1 is 1.53 bits per heavy atom. The van der Waals surface area contributed by atoms with Crippen molar-refractivity contribution in [2.75, 3.05) is 12.3 Å². The number of hydrogen-bond acceptors (Lipinski definition) is 3. The molecule has 0 bridgehead atoms. The topological polar surface area (TPSA) is 59.2 Å². The van der Waals surface area contributed by atoms with Crippen molar-refractivity contribution in [2.24, 2.45) is 0 Å². The van der Waals surface area contributed by atoms with Gasteiger partial charge < -0.3 is 10.6 Å². The molecule has 0 aromatic carbocycles. The molecule has 1 amide bonds. The Bertz CT molecular complexity index is 353. The van der Waals surface area contributed by atoms with E-state index in [-0.39, 0.29) is 6.04 Å². The maximum absolute atomic E-state index is 10.9. The number of piperidine rings is 1. The Hall–Kier alpha value is -1.58. The van der Waals surface area contributed by atoms with Gasteiger partial charge in [-0.05, 0) is 25.3 Å². The fourth-order valence-electron chi connectivity index (χ4n) is 2.13. The average molecular weight is 205 g/mol. The lowest BCUT2D eigenvalue weighted by atomic mass is 9.96. The highest BCUT2D eigenvalue weighted by Gasteiger charge is 2.24. The van der Waals surface area contributed by atoms with Gasteiger partial charge in [-0.1, -0.05) is 6.07 Å². The molecule has 0 saturated carbocycles. The number of likely N-dealkylation sites (tertiary alicyclic amines) is 1. The van der Waals surface area contributed by atoms with Crippen molar-refractivity contribution in [3.63, 3.8) is 0 Å². The van der Waals surface area contributed by atoms with Crippen LogP contribution in [0.4, 0.5) is 5.82 Å². The first-order valence-corrected chi connectivity index (χ1v) is 5.24. The highest BCUT2D eigenvalue weighted by atomic mass is 16.1. The van der Waals surface area contributed by atoms with E-state index in [1.54, 1.807) is 6.20 Å². The number of carbonyl (C=O) groups is 1. The number of pyridine rings is 1. The molecule has 1 aliphatic rings. The van der Waals surface area contributed by atoms with Crippen LogP contribution < -0.4 is 5.73 Å². The quantitative estimate of drug-likeness (QED) is 0.741. The van der Waals surface area contributed by atoms with Gasteiger partial charge in [-0.15, -0.1) is 0 Å². The third-order valence-corrected chi connectivity index (χ3v) is 2.91. The molecular weight excluding hydrogens is 190 g/mol. The van der Waals surface area contributed by atoms with Gasteiger partial charge in [0.15, 0.2) is 0 Å². The lowest BCUT2D eigenvalue weighted by molar-refractivity contribution is -0.121. The number of amides is 1. The van der Waals surface area contributed by atoms with E-state index in [0.29, 0.717) is 5.82 Å². The lowest BCUT2D eigenvalue weighted by Crippen LogP contribution is -2.32. The summed E-state index contributed by atoms with van der Waals surface area (Å²) in [6.45, 7) is 0.822. The van der Waals surface area contributed by atoms with Gasteiger partial charge in [0.25, 0.3) is 0 Å². The Morgan fingerprint density at radius 2 is 2.40 bits per heavy atom. The van der Waals surface area contributed by atoms with Gasteiger partial charge in [-0.2, -0.15) is 0 Å². The Kier molecular flexibility index (Phi) is 2.85. The summed E-state index contributed by atoms with van der Waals surface area (Å²) in [6, 6.07) is 3.93. The maximum Gasteiger partial charge on any atom is 0.210 e. The highest BCUT2D eigenvalue weighted by molar-refractivity contribution is 5.51. The van der Waals surface area contributed by atoms with Crippen LogP contribution in [0, 0.1) is 0 Å². The highest BCUT2D eigenvalue weighted by Crippen LogP contribution is 2.31. The normalized spacial score (nSPS) is 21.3. The molecule has 1 unspecified atom stereocenters. The minimum Gasteiger partial charge on any atom is -0.383 e. The summed E-state index contributed by atoms with van der Waals surface area (Å²) in [4.78, 5) is 16.8. The van der Waals surface area contributed by atoms with Gasteiger partial charge in [0.2, 0.25) is 6.41 Å². The molecule has 2 N–H and O–H groups in total. The van der Waals surface area contributed by atoms with Crippen LogP contribution in [0.5, 0.6) is 0 Å². The SMILES string of the molecule is Nc1ncccc1C1CCCCN1C=O. The van der Waals surface area contributed by atoms with Crippen LogP contribution in [0.15, 0.2) is 18.3 Å². The molecule has 4 nitrogen and oxygen atoms in total. The van der Waals surface area contributed by atoms with Crippen molar-refractivity contribution >= 4 is 12.2 Å². The molecule has 1 aliphatic heterocycles. The molecule has 0 radical (unpaired) electrons. The summed E-state index contributed by atoms with van der Waals surface area (Å²) in [7, 11) is 0. The van der Waals surface area contributed by atoms with Gasteiger partial charge in [-0.25, -0.2) is 4.98 Å². The smallest absolute Gasteiger partial charge is 0.210 e. The van der Waals surface area contributed by atoms with E-state index in [4.69, 9.17) is 5.73 Å². The monoisotopic (exact) mass is 205 g/mol. The van der Waals surface area contributed by atoms with Crippen molar-refractivity contribution < 1.29 is 4.79 Å². The molecule has 0 spiro atoms. The molecule has 1 aromatic heterocycles. The predicted molar refractivity (Wildman–Crippen MR) is 58.0 cm³/mol. The summed E-state index contributed by atoms with van der Waals surface area (Å²) in [5.74, 6) is 0.538. The minimum atomic E-state index is 0.116. The first-order chi connectivity index (χ1) is 7.33. The Labute approximate surface area is 89.1 Å². The second-order valence-electron chi connectivity index (χ2n) is 3.83. The van der Waals surface area contributed by atoms with Gasteiger partial charge in [0.05, 0.1) is 6.04 Å². The molecule has 4 heteroatoms. The largest absolute Gasteiger partial charge is 0.383 e. The van der Waals surface area contributed by atoms with Crippen molar-refractivity contribution in [2.45, 2.75) is 25.3 Å². The zero-order chi connectivity index (χ0) is 10.7. The van der Waals surface area contributed by atoms with Gasteiger partial charge in [-0.3, -0.25) is 4.79 Å². The number of nitrogens with zero attached hydrogens (tertiary/aromatic N) is 2. The van der Waals surface area contributed by atoms with Gasteiger partial charge >= 0.3 is 0 Å². The van der Waals surface area contributed by atoms with Crippen LogP contribution in [-0.2, 0) is 4.79 Å². The fourth-order valence-corrected chi connectivity index (χ4v) is 2.13. The zero-order valence-corrected chi connectivity index (χ0v) is 8.60. The van der Waals surface area contributed by atoms with E-state index in [0.717, 1.165) is 37.8 Å². The van der Waals surface area contributed by atoms with E-state index in [1.807, 2.05) is 17.0 Å². The average Bonchev–Trinajstić information content (AvgIpc) is 2.30. The third kappa shape index (κ3) is 1.93. The second-order valence-corrected chi connectivity index (χ2v) is 3.83. The van der Waals surface area contributed by atoms with Crippen LogP contribution in [-0.4, -0.2) is 22.8 Å². The van der Waals surface area contributed by atoms with Gasteiger partial charge in [0, 0.05) is 18.3 Å². The molecule has 2 rings (SSSR count). The predicted octanol–water partition coefficient (Wildman–Crippen LogP) is 1.35. The number of nitrogen functional groups attached to an aromatic ring is 1. The van der Waals surface area contributed by atoms with Crippen molar-refractivity contribution in [1.82, 2.24) is 9.88 Å². The van der Waals surface area contributed by atoms with Crippen LogP contribution in [0.1, 0.15) is 30.9 Å². The maximum atomic E-state index is 10.9. The van der Waals surface area contributed by atoms with Crippen molar-refractivity contribution in [3.8, 4) is 0 Å². The number of nitrogens with two attached hydrogens (primary N) is 1. The van der Waals surface area contributed by atoms with E-state index in [9.17, 15) is 4.79 Å². The Balaban J connectivity index is 2.28. The molecule has 80 valence electrons. The summed E-state index contributed by atoms with van der Waals surface area (Å²) < 4.78 is 0. The zero-order valence-electron chi connectivity index (χ0n) is 8.60. The van der Waals surface area contributed by atoms with E-state index < -0.39 is 0 Å². The van der Waals surface area contributed by atoms with E-state index in [1.165, 1.54) is 0 Å². The standard InChI is InChI=1S/C11H15N3O/c12-11-9(4-3-6-13-11)10-5-1-2-7-14(10)8-15/h3-4,6,8,10H,1-2,5,7H2,(H2,12,13). The van der Waals surface area contributed by atoms with Crippen LogP contribution in [0.3, 0.4) is 0 Å². The van der Waals surface area contributed by atoms with Crippen LogP contribution >= 0.6 is 0 Å². The molecular formula is C11H15N3O. The molecule has 1 fully saturated rings. The number of rotatable bonds is 2. The molecule has 0 aliphatic carbocycles. The van der Waals surface area contributed by atoms with Gasteiger partial charge in [0.1, 0.15) is 5.82 Å². The summed E-state index contributed by atoms with van der Waals surface area (Å²) in [6.07, 6.45) is 5.79. The summed E-state index contributed by atoms with van der Waals surface area (Å²) >= 11 is 0. The van der Waals surface area contributed by atoms with Crippen molar-refractivity contribution in [1.29, 1.82) is 0 Å². The molecule has 1 atom stereocenters. The Morgan fingerprint density at radius 3 is 3.13 bits per heavy atom. The third-order valence-electron chi connectivity index (χ3n) is 2.91. The van der Waals surface area contributed by atoms with Crippen LogP contribution in [0.25, 0.3) is 0 Å². The molecule has 1 aromatic rings. The second kappa shape index (κ2) is 4.29. The number of hydrogen-bond donors (Lipinski definition) is 1. The minimum absolute atomic E-state index is 0.116. The van der Waals surface area contributed by atoms with E-state index in [2.05, 4.69) is 4.98 Å². The number of carbonyl (C=O) groups excluding carboxylic acids is 1. The molecule has 15 heavy (non-hydrogen) atoms. The molecule has 1 saturated heterocycles. The van der Waals surface area contributed by atoms with Crippen LogP contribution in [0.2, 0.25) is 0 Å². The molecule has 2 heterocycles. The fraction of sp³-hybridized carbons (Fsp3) is 0.455.